The van der Waals surface area contributed by atoms with Gasteiger partial charge in [0.1, 0.15) is 18.3 Å². The van der Waals surface area contributed by atoms with Gasteiger partial charge in [0.05, 0.1) is 0 Å². The van der Waals surface area contributed by atoms with E-state index in [0.717, 1.165) is 57.8 Å². The summed E-state index contributed by atoms with van der Waals surface area (Å²) in [6.07, 6.45) is 18.8. The summed E-state index contributed by atoms with van der Waals surface area (Å²) < 4.78 is 6.04. The third-order valence-electron chi connectivity index (χ3n) is 10.5. The van der Waals surface area contributed by atoms with Crippen molar-refractivity contribution in [3.8, 4) is 0 Å². The van der Waals surface area contributed by atoms with E-state index in [1.165, 1.54) is 37.7 Å². The number of carbonyl (C=O) groups is 3. The summed E-state index contributed by atoms with van der Waals surface area (Å²) in [5.41, 5.74) is 1.61. The molecule has 3 saturated carbocycles. The Balaban J connectivity index is 1.27. The number of fused-ring (bicyclic) bond motifs is 5. The largest absolute Gasteiger partial charge is 0.461 e. The first-order chi connectivity index (χ1) is 16.8. The molecule has 0 heterocycles. The van der Waals surface area contributed by atoms with Gasteiger partial charge in [0.15, 0.2) is 5.78 Å². The van der Waals surface area contributed by atoms with Crippen LogP contribution >= 0.6 is 0 Å². The minimum atomic E-state index is -0.307. The molecule has 0 N–H and O–H groups in total. The molecule has 0 bridgehead atoms. The summed E-state index contributed by atoms with van der Waals surface area (Å²) in [5.74, 6) is 1.93. The van der Waals surface area contributed by atoms with Crippen LogP contribution < -0.4 is 0 Å². The summed E-state index contributed by atoms with van der Waals surface area (Å²) in [4.78, 5) is 37.1. The van der Waals surface area contributed by atoms with Gasteiger partial charge < -0.3 is 4.74 Å². The van der Waals surface area contributed by atoms with Crippen molar-refractivity contribution in [2.45, 2.75) is 136 Å². The summed E-state index contributed by atoms with van der Waals surface area (Å²) in [5, 5.41) is 0. The van der Waals surface area contributed by atoms with Gasteiger partial charge in [-0.15, -0.1) is 0 Å². The molecular weight excluding hydrogens is 436 g/mol. The molecule has 0 spiro atoms. The van der Waals surface area contributed by atoms with Crippen molar-refractivity contribution in [1.82, 2.24) is 0 Å². The summed E-state index contributed by atoms with van der Waals surface area (Å²) in [7, 11) is 0. The van der Waals surface area contributed by atoms with Crippen LogP contribution in [0, 0.1) is 28.6 Å². The number of carbonyl (C=O) groups excluding carboxylic acids is 3. The highest BCUT2D eigenvalue weighted by atomic mass is 16.5. The fourth-order valence-corrected chi connectivity index (χ4v) is 8.43. The number of hydrogen-bond donors (Lipinski definition) is 0. The van der Waals surface area contributed by atoms with E-state index < -0.39 is 0 Å². The number of ketones is 2. The zero-order valence-electron chi connectivity index (χ0n) is 22.5. The Bertz CT molecular complexity index is 828. The van der Waals surface area contributed by atoms with Crippen molar-refractivity contribution in [1.29, 1.82) is 0 Å². The van der Waals surface area contributed by atoms with E-state index in [-0.39, 0.29) is 35.1 Å². The maximum Gasteiger partial charge on any atom is 0.313 e. The Morgan fingerprint density at radius 2 is 1.66 bits per heavy atom. The number of hydrogen-bond acceptors (Lipinski definition) is 4. The second kappa shape index (κ2) is 11.3. The summed E-state index contributed by atoms with van der Waals surface area (Å²) >= 11 is 0. The second-order valence-electron chi connectivity index (χ2n) is 12.7. The lowest BCUT2D eigenvalue weighted by Crippen LogP contribution is -2.51. The standard InChI is InChI=1S/C31H48O4/c1-4-5-6-7-8-9-10-11-23(32)21-29(34)35-28-15-14-26-25-13-12-22-20-24(33)16-18-30(22,2)27(25)17-19-31(26,28)3/h20,25-28H,4-19,21H2,1-3H3. The van der Waals surface area contributed by atoms with Gasteiger partial charge in [0.25, 0.3) is 0 Å². The van der Waals surface area contributed by atoms with Crippen LogP contribution in [0.2, 0.25) is 0 Å². The number of ether oxygens (including phenoxy) is 1. The van der Waals surface area contributed by atoms with Crippen LogP contribution in [0.1, 0.15) is 130 Å². The van der Waals surface area contributed by atoms with Crippen LogP contribution in [0.5, 0.6) is 0 Å². The van der Waals surface area contributed by atoms with Gasteiger partial charge in [-0.05, 0) is 80.6 Å². The molecule has 3 fully saturated rings. The van der Waals surface area contributed by atoms with Crippen molar-refractivity contribution in [3.63, 3.8) is 0 Å². The fraction of sp³-hybridized carbons (Fsp3) is 0.839. The molecule has 0 radical (unpaired) electrons. The normalized spacial score (nSPS) is 36.1. The molecule has 0 aromatic rings. The van der Waals surface area contributed by atoms with Crippen LogP contribution in [-0.2, 0) is 19.1 Å². The predicted molar refractivity (Wildman–Crippen MR) is 139 cm³/mol. The van der Waals surface area contributed by atoms with Gasteiger partial charge in [-0.25, -0.2) is 0 Å². The van der Waals surface area contributed by atoms with Crippen molar-refractivity contribution in [3.05, 3.63) is 11.6 Å². The number of allylic oxidation sites excluding steroid dienone is 1. The Labute approximate surface area is 213 Å². The monoisotopic (exact) mass is 484 g/mol. The molecule has 4 aliphatic rings. The smallest absolute Gasteiger partial charge is 0.313 e. The van der Waals surface area contributed by atoms with E-state index in [1.807, 2.05) is 6.08 Å². The van der Waals surface area contributed by atoms with Gasteiger partial charge in [0.2, 0.25) is 0 Å². The third-order valence-corrected chi connectivity index (χ3v) is 10.5. The lowest BCUT2D eigenvalue weighted by molar-refractivity contribution is -0.161. The molecule has 4 nitrogen and oxygen atoms in total. The Morgan fingerprint density at radius 3 is 2.43 bits per heavy atom. The number of rotatable bonds is 11. The number of esters is 1. The van der Waals surface area contributed by atoms with Gasteiger partial charge in [-0.2, -0.15) is 0 Å². The van der Waals surface area contributed by atoms with Crippen LogP contribution in [0.4, 0.5) is 0 Å². The molecule has 6 atom stereocenters. The number of Topliss-reactive ketones (excluding diaryl/α,β-unsaturated/α-hetero) is 1. The molecule has 196 valence electrons. The maximum atomic E-state index is 12.7. The van der Waals surface area contributed by atoms with E-state index in [1.54, 1.807) is 0 Å². The highest BCUT2D eigenvalue weighted by Gasteiger charge is 2.59. The van der Waals surface area contributed by atoms with E-state index in [0.29, 0.717) is 36.4 Å². The highest BCUT2D eigenvalue weighted by molar-refractivity contribution is 5.95. The Morgan fingerprint density at radius 1 is 0.914 bits per heavy atom. The van der Waals surface area contributed by atoms with E-state index in [4.69, 9.17) is 4.74 Å². The lowest BCUT2D eigenvalue weighted by Gasteiger charge is -2.57. The van der Waals surface area contributed by atoms with Crippen molar-refractivity contribution in [2.24, 2.45) is 28.6 Å². The molecule has 6 unspecified atom stereocenters. The average molecular weight is 485 g/mol. The topological polar surface area (TPSA) is 60.4 Å². The molecule has 0 amide bonds. The molecule has 0 aromatic heterocycles. The first-order valence-corrected chi connectivity index (χ1v) is 14.7. The first-order valence-electron chi connectivity index (χ1n) is 14.7. The van der Waals surface area contributed by atoms with E-state index in [9.17, 15) is 14.4 Å². The summed E-state index contributed by atoms with van der Waals surface area (Å²) in [6, 6.07) is 0. The quantitative estimate of drug-likeness (QED) is 0.173. The zero-order valence-corrected chi connectivity index (χ0v) is 22.5. The summed E-state index contributed by atoms with van der Waals surface area (Å²) in [6.45, 7) is 6.98. The molecule has 0 saturated heterocycles. The van der Waals surface area contributed by atoms with Crippen LogP contribution in [0.3, 0.4) is 0 Å². The van der Waals surface area contributed by atoms with E-state index in [2.05, 4.69) is 20.8 Å². The molecule has 4 heteroatoms. The van der Waals surface area contributed by atoms with E-state index >= 15 is 0 Å². The second-order valence-corrected chi connectivity index (χ2v) is 12.7. The molecule has 4 aliphatic carbocycles. The molecular formula is C31H48O4. The fourth-order valence-electron chi connectivity index (χ4n) is 8.43. The zero-order chi connectivity index (χ0) is 25.1. The molecule has 4 rings (SSSR count). The minimum absolute atomic E-state index is 0.0282. The van der Waals surface area contributed by atoms with Gasteiger partial charge in [-0.1, -0.05) is 64.9 Å². The van der Waals surface area contributed by atoms with Crippen LogP contribution in [-0.4, -0.2) is 23.6 Å². The van der Waals surface area contributed by atoms with Crippen LogP contribution in [0.15, 0.2) is 11.6 Å². The van der Waals surface area contributed by atoms with Gasteiger partial charge >= 0.3 is 5.97 Å². The molecule has 0 aliphatic heterocycles. The Hall–Kier alpha value is -1.45. The highest BCUT2D eigenvalue weighted by Crippen LogP contribution is 2.65. The SMILES string of the molecule is CCCCCCCCCC(=O)CC(=O)OC1CCC2C3CCC4=CC(=O)CCC4(C)C3CCC12C. The van der Waals surface area contributed by atoms with Gasteiger partial charge in [0, 0.05) is 18.3 Å². The van der Waals surface area contributed by atoms with Gasteiger partial charge in [-0.3, -0.25) is 14.4 Å². The first kappa shape index (κ1) is 26.6. The maximum absolute atomic E-state index is 12.7. The third kappa shape index (κ3) is 5.62. The number of unbranched alkanes of at least 4 members (excludes halogenated alkanes) is 6. The van der Waals surface area contributed by atoms with Crippen molar-refractivity contribution >= 4 is 17.5 Å². The average Bonchev–Trinajstić information content (AvgIpc) is 3.15. The Kier molecular flexibility index (Phi) is 8.59. The predicted octanol–water partition coefficient (Wildman–Crippen LogP) is 7.53. The molecule has 0 aromatic carbocycles. The minimum Gasteiger partial charge on any atom is -0.461 e. The van der Waals surface area contributed by atoms with Crippen LogP contribution in [0.25, 0.3) is 0 Å². The molecule has 35 heavy (non-hydrogen) atoms. The van der Waals surface area contributed by atoms with Crippen molar-refractivity contribution in [2.75, 3.05) is 0 Å². The van der Waals surface area contributed by atoms with Crippen molar-refractivity contribution < 1.29 is 19.1 Å². The lowest BCUT2D eigenvalue weighted by atomic mass is 9.47.